The molecule has 9 nitrogen and oxygen atoms in total. The Morgan fingerprint density at radius 1 is 1.06 bits per heavy atom. The predicted octanol–water partition coefficient (Wildman–Crippen LogP) is 2.45. The molecule has 32 heavy (non-hydrogen) atoms. The first-order chi connectivity index (χ1) is 15.3. The van der Waals surface area contributed by atoms with Crippen molar-refractivity contribution in [1.29, 1.82) is 0 Å². The van der Waals surface area contributed by atoms with Crippen molar-refractivity contribution >= 4 is 46.0 Å². The summed E-state index contributed by atoms with van der Waals surface area (Å²) in [6.07, 6.45) is 3.80. The smallest absolute Gasteiger partial charge is 0.341 e. The van der Waals surface area contributed by atoms with Crippen molar-refractivity contribution in [3.05, 3.63) is 16.0 Å². The molecular weight excluding hydrogens is 436 g/mol. The summed E-state index contributed by atoms with van der Waals surface area (Å²) in [4.78, 5) is 63.7. The van der Waals surface area contributed by atoms with Crippen molar-refractivity contribution in [3.63, 3.8) is 0 Å². The van der Waals surface area contributed by atoms with Crippen molar-refractivity contribution < 1.29 is 33.4 Å². The van der Waals surface area contributed by atoms with E-state index in [4.69, 9.17) is 9.47 Å². The minimum atomic E-state index is -0.831. The molecule has 1 aliphatic carbocycles. The van der Waals surface area contributed by atoms with E-state index in [-0.39, 0.29) is 30.3 Å². The monoisotopic (exact) mass is 464 g/mol. The number of anilines is 1. The van der Waals surface area contributed by atoms with Gasteiger partial charge in [-0.15, -0.1) is 11.3 Å². The Kier molecular flexibility index (Phi) is 7.65. The van der Waals surface area contributed by atoms with Gasteiger partial charge in [-0.3, -0.25) is 24.1 Å². The fourth-order valence-electron chi connectivity index (χ4n) is 4.31. The number of thiophene rings is 1. The number of nitrogens with one attached hydrogen (secondary N) is 1. The standard InChI is InChI=1S/C22H28N2O7S/c1-4-15-12(3)18(22(29)30-5-2)19(32-15)23-16(25)11-31-17(26)10-24-20(27)13-8-6-7-9-14(13)21(24)28/h13-14H,4-11H2,1-3H3,(H,23,25). The van der Waals surface area contributed by atoms with Gasteiger partial charge in [0.25, 0.3) is 5.91 Å². The summed E-state index contributed by atoms with van der Waals surface area (Å²) in [5.74, 6) is -3.33. The third-order valence-corrected chi connectivity index (χ3v) is 7.23. The van der Waals surface area contributed by atoms with Gasteiger partial charge in [0, 0.05) is 4.88 Å². The number of carbonyl (C=O) groups is 5. The van der Waals surface area contributed by atoms with Crippen molar-refractivity contribution in [3.8, 4) is 0 Å². The lowest BCUT2D eigenvalue weighted by atomic mass is 9.81. The molecule has 0 aromatic carbocycles. The maximum atomic E-state index is 12.5. The highest BCUT2D eigenvalue weighted by atomic mass is 32.1. The highest BCUT2D eigenvalue weighted by Gasteiger charge is 2.48. The molecule has 1 aromatic rings. The first-order valence-electron chi connectivity index (χ1n) is 10.9. The predicted molar refractivity (Wildman–Crippen MR) is 116 cm³/mol. The summed E-state index contributed by atoms with van der Waals surface area (Å²) in [6.45, 7) is 4.54. The molecule has 0 bridgehead atoms. The molecule has 2 atom stereocenters. The number of imide groups is 1. The molecule has 1 N–H and O–H groups in total. The number of amides is 3. The van der Waals surface area contributed by atoms with Crippen LogP contribution in [0.25, 0.3) is 0 Å². The maximum Gasteiger partial charge on any atom is 0.341 e. The SMILES string of the molecule is CCOC(=O)c1c(NC(=O)COC(=O)CN2C(=O)C3CCCCC3C2=O)sc(CC)c1C. The number of aryl methyl sites for hydroxylation is 1. The Labute approximate surface area is 190 Å². The zero-order valence-electron chi connectivity index (χ0n) is 18.5. The Morgan fingerprint density at radius 3 is 2.25 bits per heavy atom. The third-order valence-electron chi connectivity index (χ3n) is 5.88. The number of rotatable bonds is 8. The van der Waals surface area contributed by atoms with Crippen LogP contribution in [0.5, 0.6) is 0 Å². The second kappa shape index (κ2) is 10.2. The summed E-state index contributed by atoms with van der Waals surface area (Å²) in [5.41, 5.74) is 1.04. The van der Waals surface area contributed by atoms with Crippen LogP contribution in [-0.4, -0.2) is 54.3 Å². The van der Waals surface area contributed by atoms with Gasteiger partial charge in [-0.2, -0.15) is 0 Å². The lowest BCUT2D eigenvalue weighted by Crippen LogP contribution is -2.37. The van der Waals surface area contributed by atoms with Crippen LogP contribution < -0.4 is 5.32 Å². The molecule has 2 fully saturated rings. The zero-order chi connectivity index (χ0) is 23.4. The molecular formula is C22H28N2O7S. The number of carbonyl (C=O) groups excluding carboxylic acids is 5. The van der Waals surface area contributed by atoms with Crippen molar-refractivity contribution in [2.75, 3.05) is 25.1 Å². The van der Waals surface area contributed by atoms with E-state index in [1.807, 2.05) is 6.92 Å². The number of ether oxygens (including phenoxy) is 2. The normalized spacial score (nSPS) is 20.2. The van der Waals surface area contributed by atoms with Crippen LogP contribution in [0.3, 0.4) is 0 Å². The van der Waals surface area contributed by atoms with E-state index in [0.717, 1.165) is 28.2 Å². The molecule has 10 heteroatoms. The Hall–Kier alpha value is -2.75. The van der Waals surface area contributed by atoms with Crippen LogP contribution in [0.15, 0.2) is 0 Å². The lowest BCUT2D eigenvalue weighted by molar-refractivity contribution is -0.154. The van der Waals surface area contributed by atoms with Gasteiger partial charge in [0.15, 0.2) is 6.61 Å². The van der Waals surface area contributed by atoms with Gasteiger partial charge in [-0.1, -0.05) is 19.8 Å². The van der Waals surface area contributed by atoms with Gasteiger partial charge < -0.3 is 14.8 Å². The molecule has 3 rings (SSSR count). The lowest BCUT2D eigenvalue weighted by Gasteiger charge is -2.19. The van der Waals surface area contributed by atoms with E-state index in [9.17, 15) is 24.0 Å². The fraction of sp³-hybridized carbons (Fsp3) is 0.591. The first-order valence-corrected chi connectivity index (χ1v) is 11.7. The summed E-state index contributed by atoms with van der Waals surface area (Å²) in [7, 11) is 0. The zero-order valence-corrected chi connectivity index (χ0v) is 19.3. The molecule has 2 heterocycles. The quantitative estimate of drug-likeness (QED) is 0.464. The van der Waals surface area contributed by atoms with E-state index in [2.05, 4.69) is 5.32 Å². The van der Waals surface area contributed by atoms with Gasteiger partial charge in [0.2, 0.25) is 11.8 Å². The average Bonchev–Trinajstić information content (AvgIpc) is 3.21. The molecule has 1 saturated heterocycles. The van der Waals surface area contributed by atoms with Crippen LogP contribution in [0.1, 0.15) is 60.3 Å². The number of esters is 2. The molecule has 1 saturated carbocycles. The average molecular weight is 465 g/mol. The molecule has 0 radical (unpaired) electrons. The summed E-state index contributed by atoms with van der Waals surface area (Å²) < 4.78 is 10.1. The van der Waals surface area contributed by atoms with Crippen LogP contribution in [-0.2, 0) is 35.1 Å². The number of hydrogen-bond donors (Lipinski definition) is 1. The second-order valence-electron chi connectivity index (χ2n) is 7.90. The van der Waals surface area contributed by atoms with Crippen LogP contribution in [0.2, 0.25) is 0 Å². The first kappa shape index (κ1) is 23.9. The summed E-state index contributed by atoms with van der Waals surface area (Å²) in [5, 5.41) is 2.95. The number of likely N-dealkylation sites (tertiary alicyclic amines) is 1. The van der Waals surface area contributed by atoms with Gasteiger partial charge in [0.05, 0.1) is 24.0 Å². The van der Waals surface area contributed by atoms with Gasteiger partial charge in [0.1, 0.15) is 11.5 Å². The highest BCUT2D eigenvalue weighted by molar-refractivity contribution is 7.17. The van der Waals surface area contributed by atoms with Gasteiger partial charge in [-0.25, -0.2) is 4.79 Å². The van der Waals surface area contributed by atoms with E-state index in [1.54, 1.807) is 13.8 Å². The number of nitrogens with zero attached hydrogens (tertiary/aromatic N) is 1. The number of fused-ring (bicyclic) bond motifs is 1. The minimum absolute atomic E-state index is 0.205. The minimum Gasteiger partial charge on any atom is -0.462 e. The highest BCUT2D eigenvalue weighted by Crippen LogP contribution is 2.38. The fourth-order valence-corrected chi connectivity index (χ4v) is 5.45. The topological polar surface area (TPSA) is 119 Å². The van der Waals surface area contributed by atoms with Gasteiger partial charge in [-0.05, 0) is 38.7 Å². The van der Waals surface area contributed by atoms with E-state index < -0.39 is 31.0 Å². The Balaban J connectivity index is 1.57. The molecule has 3 amide bonds. The van der Waals surface area contributed by atoms with Gasteiger partial charge >= 0.3 is 11.9 Å². The van der Waals surface area contributed by atoms with E-state index >= 15 is 0 Å². The number of hydrogen-bond acceptors (Lipinski definition) is 8. The molecule has 1 aromatic heterocycles. The van der Waals surface area contributed by atoms with Crippen LogP contribution in [0, 0.1) is 18.8 Å². The van der Waals surface area contributed by atoms with E-state index in [1.165, 1.54) is 11.3 Å². The Bertz CT molecular complexity index is 915. The molecule has 1 aliphatic heterocycles. The maximum absolute atomic E-state index is 12.5. The van der Waals surface area contributed by atoms with Crippen molar-refractivity contribution in [1.82, 2.24) is 4.90 Å². The van der Waals surface area contributed by atoms with Crippen LogP contribution >= 0.6 is 11.3 Å². The second-order valence-corrected chi connectivity index (χ2v) is 9.00. The third kappa shape index (κ3) is 4.85. The Morgan fingerprint density at radius 2 is 1.69 bits per heavy atom. The summed E-state index contributed by atoms with van der Waals surface area (Å²) in [6, 6.07) is 0. The molecule has 2 aliphatic rings. The molecule has 174 valence electrons. The van der Waals surface area contributed by atoms with Crippen molar-refractivity contribution in [2.45, 2.75) is 52.9 Å². The van der Waals surface area contributed by atoms with E-state index in [0.29, 0.717) is 29.8 Å². The molecule has 0 spiro atoms. The van der Waals surface area contributed by atoms with Crippen LogP contribution in [0.4, 0.5) is 5.00 Å². The van der Waals surface area contributed by atoms with Crippen molar-refractivity contribution in [2.24, 2.45) is 11.8 Å². The molecule has 2 unspecified atom stereocenters. The summed E-state index contributed by atoms with van der Waals surface area (Å²) >= 11 is 1.27. The largest absolute Gasteiger partial charge is 0.462 e.